The molecule has 3 rings (SSSR count). The molecule has 0 saturated carbocycles. The Morgan fingerprint density at radius 1 is 1.17 bits per heavy atom. The van der Waals surface area contributed by atoms with Gasteiger partial charge in [0.25, 0.3) is 5.91 Å². The second-order valence-electron chi connectivity index (χ2n) is 4.80. The smallest absolute Gasteiger partial charge is 0.270 e. The number of hydrazine groups is 1. The Bertz CT molecular complexity index is 862. The molecule has 5 nitrogen and oxygen atoms in total. The lowest BCUT2D eigenvalue weighted by Gasteiger charge is -2.12. The van der Waals surface area contributed by atoms with Crippen molar-refractivity contribution < 1.29 is 9.53 Å². The van der Waals surface area contributed by atoms with Crippen LogP contribution in [0.5, 0.6) is 5.75 Å². The molecular weight excluding hydrogens is 314 g/mol. The van der Waals surface area contributed by atoms with Gasteiger partial charge in [-0.25, -0.2) is 0 Å². The molecule has 0 aliphatic carbocycles. The number of amides is 1. The summed E-state index contributed by atoms with van der Waals surface area (Å²) >= 11 is 6.13. The van der Waals surface area contributed by atoms with Crippen LogP contribution < -0.4 is 15.6 Å². The minimum absolute atomic E-state index is 0.268. The molecule has 0 unspecified atom stereocenters. The second kappa shape index (κ2) is 6.54. The van der Waals surface area contributed by atoms with Gasteiger partial charge >= 0.3 is 0 Å². The molecule has 1 aromatic heterocycles. The lowest BCUT2D eigenvalue weighted by atomic mass is 10.1. The van der Waals surface area contributed by atoms with Crippen LogP contribution in [0, 0.1) is 0 Å². The highest BCUT2D eigenvalue weighted by molar-refractivity contribution is 6.33. The van der Waals surface area contributed by atoms with Crippen LogP contribution >= 0.6 is 11.6 Å². The number of para-hydroxylation sites is 1. The number of benzene rings is 2. The zero-order valence-corrected chi connectivity index (χ0v) is 13.1. The van der Waals surface area contributed by atoms with Crippen molar-refractivity contribution in [1.29, 1.82) is 0 Å². The zero-order valence-electron chi connectivity index (χ0n) is 12.3. The Labute approximate surface area is 138 Å². The van der Waals surface area contributed by atoms with E-state index >= 15 is 0 Å². The number of nitrogens with zero attached hydrogens (tertiary/aromatic N) is 1. The Morgan fingerprint density at radius 2 is 2.00 bits per heavy atom. The summed E-state index contributed by atoms with van der Waals surface area (Å²) in [6.07, 6.45) is 1.61. The van der Waals surface area contributed by atoms with Gasteiger partial charge < -0.3 is 4.74 Å². The number of anilines is 1. The summed E-state index contributed by atoms with van der Waals surface area (Å²) in [5.74, 6) is 0.377. The number of aromatic nitrogens is 1. The first-order chi connectivity index (χ1) is 11.2. The summed E-state index contributed by atoms with van der Waals surface area (Å²) in [6.45, 7) is 0. The van der Waals surface area contributed by atoms with E-state index in [-0.39, 0.29) is 5.91 Å². The molecule has 0 aliphatic heterocycles. The van der Waals surface area contributed by atoms with Crippen molar-refractivity contribution in [2.45, 2.75) is 0 Å². The van der Waals surface area contributed by atoms with Crippen LogP contribution in [0.1, 0.15) is 10.4 Å². The largest absolute Gasteiger partial charge is 0.497 e. The SMILES string of the molecule is COc1ccc(NNC(=O)c2ccnc3ccccc23)c(Cl)c1. The minimum Gasteiger partial charge on any atom is -0.497 e. The maximum atomic E-state index is 12.4. The molecule has 0 bridgehead atoms. The monoisotopic (exact) mass is 327 g/mol. The molecule has 0 aliphatic rings. The van der Waals surface area contributed by atoms with Crippen molar-refractivity contribution >= 4 is 34.1 Å². The summed E-state index contributed by atoms with van der Waals surface area (Å²) in [5, 5.41) is 1.24. The fourth-order valence-electron chi connectivity index (χ4n) is 2.21. The maximum absolute atomic E-state index is 12.4. The molecule has 1 heterocycles. The summed E-state index contributed by atoms with van der Waals surface area (Å²) in [5.41, 5.74) is 7.35. The van der Waals surface area contributed by atoms with Gasteiger partial charge in [0.1, 0.15) is 5.75 Å². The van der Waals surface area contributed by atoms with Gasteiger partial charge in [-0.2, -0.15) is 0 Å². The van der Waals surface area contributed by atoms with E-state index in [0.29, 0.717) is 22.0 Å². The molecular formula is C17H14ClN3O2. The van der Waals surface area contributed by atoms with Crippen LogP contribution in [0.2, 0.25) is 5.02 Å². The standard InChI is InChI=1S/C17H14ClN3O2/c1-23-11-6-7-16(14(18)10-11)20-21-17(22)13-8-9-19-15-5-3-2-4-12(13)15/h2-10,20H,1H3,(H,21,22). The van der Waals surface area contributed by atoms with Crippen LogP contribution in [0.3, 0.4) is 0 Å². The van der Waals surface area contributed by atoms with E-state index in [4.69, 9.17) is 16.3 Å². The molecule has 0 atom stereocenters. The highest BCUT2D eigenvalue weighted by Crippen LogP contribution is 2.26. The molecule has 116 valence electrons. The quantitative estimate of drug-likeness (QED) is 0.718. The molecule has 2 N–H and O–H groups in total. The number of carbonyl (C=O) groups is 1. The van der Waals surface area contributed by atoms with Crippen LogP contribution in [0.4, 0.5) is 5.69 Å². The summed E-state index contributed by atoms with van der Waals surface area (Å²) in [4.78, 5) is 16.6. The van der Waals surface area contributed by atoms with Crippen molar-refractivity contribution in [3.63, 3.8) is 0 Å². The average Bonchev–Trinajstić information content (AvgIpc) is 2.59. The van der Waals surface area contributed by atoms with Gasteiger partial charge in [-0.1, -0.05) is 29.8 Å². The Morgan fingerprint density at radius 3 is 2.78 bits per heavy atom. The molecule has 0 saturated heterocycles. The number of hydrogen-bond donors (Lipinski definition) is 2. The van der Waals surface area contributed by atoms with Gasteiger partial charge in [0, 0.05) is 17.6 Å². The van der Waals surface area contributed by atoms with E-state index in [1.165, 1.54) is 0 Å². The highest BCUT2D eigenvalue weighted by Gasteiger charge is 2.10. The Kier molecular flexibility index (Phi) is 4.30. The van der Waals surface area contributed by atoms with E-state index in [1.54, 1.807) is 37.6 Å². The molecule has 3 aromatic rings. The van der Waals surface area contributed by atoms with E-state index in [0.717, 1.165) is 10.9 Å². The molecule has 0 fully saturated rings. The van der Waals surface area contributed by atoms with Gasteiger partial charge in [-0.15, -0.1) is 0 Å². The number of fused-ring (bicyclic) bond motifs is 1. The minimum atomic E-state index is -0.268. The van der Waals surface area contributed by atoms with E-state index in [1.807, 2.05) is 24.3 Å². The Balaban J connectivity index is 1.79. The number of carbonyl (C=O) groups excluding carboxylic acids is 1. The first-order valence-corrected chi connectivity index (χ1v) is 7.30. The molecule has 23 heavy (non-hydrogen) atoms. The third kappa shape index (κ3) is 3.19. The first-order valence-electron chi connectivity index (χ1n) is 6.92. The lowest BCUT2D eigenvalue weighted by Crippen LogP contribution is -2.29. The number of ether oxygens (including phenoxy) is 1. The molecule has 0 radical (unpaired) electrons. The predicted octanol–water partition coefficient (Wildman–Crippen LogP) is 3.65. The molecule has 2 aromatic carbocycles. The van der Waals surface area contributed by atoms with Crippen LogP contribution in [-0.4, -0.2) is 18.0 Å². The molecule has 1 amide bonds. The number of nitrogens with one attached hydrogen (secondary N) is 2. The summed E-state index contributed by atoms with van der Waals surface area (Å²) in [6, 6.07) is 14.3. The number of pyridine rings is 1. The van der Waals surface area contributed by atoms with Gasteiger partial charge in [0.05, 0.1) is 28.9 Å². The lowest BCUT2D eigenvalue weighted by molar-refractivity contribution is 0.0964. The molecule has 6 heteroatoms. The van der Waals surface area contributed by atoms with Crippen molar-refractivity contribution in [2.24, 2.45) is 0 Å². The van der Waals surface area contributed by atoms with Gasteiger partial charge in [0.2, 0.25) is 0 Å². The zero-order chi connectivity index (χ0) is 16.2. The third-order valence-corrected chi connectivity index (χ3v) is 3.69. The van der Waals surface area contributed by atoms with Crippen LogP contribution in [0.15, 0.2) is 54.7 Å². The Hall–Kier alpha value is -2.79. The van der Waals surface area contributed by atoms with Crippen molar-refractivity contribution in [1.82, 2.24) is 10.4 Å². The fraction of sp³-hybridized carbons (Fsp3) is 0.0588. The molecule has 0 spiro atoms. The van der Waals surface area contributed by atoms with Crippen molar-refractivity contribution in [3.05, 3.63) is 65.3 Å². The number of rotatable bonds is 4. The van der Waals surface area contributed by atoms with Crippen LogP contribution in [0.25, 0.3) is 10.9 Å². The topological polar surface area (TPSA) is 63.2 Å². The number of hydrogen-bond acceptors (Lipinski definition) is 4. The maximum Gasteiger partial charge on any atom is 0.270 e. The van der Waals surface area contributed by atoms with Crippen molar-refractivity contribution in [3.8, 4) is 5.75 Å². The van der Waals surface area contributed by atoms with Crippen molar-refractivity contribution in [2.75, 3.05) is 12.5 Å². The van der Waals surface area contributed by atoms with E-state index in [9.17, 15) is 4.79 Å². The summed E-state index contributed by atoms with van der Waals surface area (Å²) < 4.78 is 5.09. The first kappa shape index (κ1) is 15.1. The highest BCUT2D eigenvalue weighted by atomic mass is 35.5. The number of halogens is 1. The third-order valence-electron chi connectivity index (χ3n) is 3.38. The predicted molar refractivity (Wildman–Crippen MR) is 90.8 cm³/mol. The fourth-order valence-corrected chi connectivity index (χ4v) is 2.43. The van der Waals surface area contributed by atoms with E-state index < -0.39 is 0 Å². The van der Waals surface area contributed by atoms with Gasteiger partial charge in [0.15, 0.2) is 0 Å². The normalized spacial score (nSPS) is 10.3. The number of methoxy groups -OCH3 is 1. The summed E-state index contributed by atoms with van der Waals surface area (Å²) in [7, 11) is 1.56. The second-order valence-corrected chi connectivity index (χ2v) is 5.21. The van der Waals surface area contributed by atoms with Crippen LogP contribution in [-0.2, 0) is 0 Å². The van der Waals surface area contributed by atoms with Gasteiger partial charge in [-0.3, -0.25) is 20.6 Å². The van der Waals surface area contributed by atoms with E-state index in [2.05, 4.69) is 15.8 Å². The average molecular weight is 328 g/mol. The van der Waals surface area contributed by atoms with Gasteiger partial charge in [-0.05, 0) is 24.3 Å².